The number of anilines is 1. The van der Waals surface area contributed by atoms with Gasteiger partial charge in [0.1, 0.15) is 5.69 Å². The van der Waals surface area contributed by atoms with E-state index in [1.807, 2.05) is 6.07 Å². The summed E-state index contributed by atoms with van der Waals surface area (Å²) in [5.74, 6) is 0.127. The van der Waals surface area contributed by atoms with Crippen LogP contribution in [0.3, 0.4) is 0 Å². The predicted octanol–water partition coefficient (Wildman–Crippen LogP) is 3.02. The van der Waals surface area contributed by atoms with Crippen LogP contribution >= 0.6 is 0 Å². The minimum atomic E-state index is 0.127. The molecule has 0 bridgehead atoms. The highest BCUT2D eigenvalue weighted by Crippen LogP contribution is 2.41. The third-order valence-corrected chi connectivity index (χ3v) is 4.01. The summed E-state index contributed by atoms with van der Waals surface area (Å²) in [6, 6.07) is 10.3. The Morgan fingerprint density at radius 3 is 2.63 bits per heavy atom. The van der Waals surface area contributed by atoms with Gasteiger partial charge in [-0.2, -0.15) is 0 Å². The van der Waals surface area contributed by atoms with Crippen molar-refractivity contribution in [2.24, 2.45) is 0 Å². The second-order valence-corrected chi connectivity index (χ2v) is 5.91. The Kier molecular flexibility index (Phi) is 2.44. The van der Waals surface area contributed by atoms with Crippen molar-refractivity contribution in [1.29, 1.82) is 0 Å². The highest BCUT2D eigenvalue weighted by Gasteiger charge is 2.31. The SMILES string of the molecule is CC(=O)c1ccc2c3c(cccc13)[N+](C)(C)CN2C. The van der Waals surface area contributed by atoms with E-state index in [4.69, 9.17) is 0 Å². The Bertz CT molecular complexity index is 688. The zero-order chi connectivity index (χ0) is 13.8. The van der Waals surface area contributed by atoms with Crippen molar-refractivity contribution in [3.63, 3.8) is 0 Å². The molecule has 1 heterocycles. The second kappa shape index (κ2) is 3.81. The molecule has 0 unspecified atom stereocenters. The number of quaternary nitrogens is 1. The highest BCUT2D eigenvalue weighted by atomic mass is 16.1. The molecule has 1 aliphatic heterocycles. The molecule has 0 aromatic heterocycles. The smallest absolute Gasteiger partial charge is 0.160 e. The van der Waals surface area contributed by atoms with Crippen LogP contribution in [0.5, 0.6) is 0 Å². The number of benzene rings is 2. The molecule has 0 N–H and O–H groups in total. The van der Waals surface area contributed by atoms with Gasteiger partial charge in [-0.05, 0) is 25.1 Å². The maximum Gasteiger partial charge on any atom is 0.160 e. The average molecular weight is 255 g/mol. The van der Waals surface area contributed by atoms with Gasteiger partial charge in [-0.25, -0.2) is 0 Å². The lowest BCUT2D eigenvalue weighted by atomic mass is 9.96. The fourth-order valence-electron chi connectivity index (χ4n) is 3.18. The maximum atomic E-state index is 11.8. The number of nitrogens with zero attached hydrogens (tertiary/aromatic N) is 2. The van der Waals surface area contributed by atoms with Crippen molar-refractivity contribution >= 4 is 27.9 Å². The predicted molar refractivity (Wildman–Crippen MR) is 80.9 cm³/mol. The lowest BCUT2D eigenvalue weighted by Gasteiger charge is -2.40. The number of hydrogen-bond donors (Lipinski definition) is 0. The molecule has 1 aliphatic rings. The summed E-state index contributed by atoms with van der Waals surface area (Å²) >= 11 is 0. The summed E-state index contributed by atoms with van der Waals surface area (Å²) in [6.07, 6.45) is 0. The van der Waals surface area contributed by atoms with E-state index in [-0.39, 0.29) is 5.78 Å². The van der Waals surface area contributed by atoms with Crippen molar-refractivity contribution < 1.29 is 4.79 Å². The number of rotatable bonds is 1. The average Bonchev–Trinajstić information content (AvgIpc) is 2.34. The number of carbonyl (C=O) groups is 1. The van der Waals surface area contributed by atoms with Gasteiger partial charge in [0, 0.05) is 18.0 Å². The van der Waals surface area contributed by atoms with Gasteiger partial charge in [-0.15, -0.1) is 0 Å². The van der Waals surface area contributed by atoms with Crippen LogP contribution < -0.4 is 9.38 Å². The Hall–Kier alpha value is -1.87. The zero-order valence-corrected chi connectivity index (χ0v) is 11.9. The molecule has 0 aliphatic carbocycles. The molecule has 0 fully saturated rings. The zero-order valence-electron chi connectivity index (χ0n) is 11.9. The molecule has 0 atom stereocenters. The van der Waals surface area contributed by atoms with Crippen molar-refractivity contribution in [2.45, 2.75) is 6.92 Å². The van der Waals surface area contributed by atoms with Gasteiger partial charge < -0.3 is 4.90 Å². The standard InChI is InChI=1S/C16H19N2O/c1-11(19)12-8-9-14-16-13(12)6-5-7-15(16)18(3,4)10-17(14)2/h5-9H,10H2,1-4H3/q+1. The molecule has 0 spiro atoms. The highest BCUT2D eigenvalue weighted by molar-refractivity contribution is 6.14. The summed E-state index contributed by atoms with van der Waals surface area (Å²) in [4.78, 5) is 14.1. The molecular weight excluding hydrogens is 236 g/mol. The van der Waals surface area contributed by atoms with Gasteiger partial charge in [-0.3, -0.25) is 9.28 Å². The van der Waals surface area contributed by atoms with Crippen molar-refractivity contribution in [3.05, 3.63) is 35.9 Å². The fraction of sp³-hybridized carbons (Fsp3) is 0.312. The van der Waals surface area contributed by atoms with E-state index in [9.17, 15) is 4.79 Å². The largest absolute Gasteiger partial charge is 0.327 e. The first kappa shape index (κ1) is 12.2. The molecule has 0 amide bonds. The summed E-state index contributed by atoms with van der Waals surface area (Å²) in [5.41, 5.74) is 3.32. The molecule has 3 heteroatoms. The van der Waals surface area contributed by atoms with Gasteiger partial charge in [0.2, 0.25) is 0 Å². The van der Waals surface area contributed by atoms with Crippen LogP contribution in [-0.2, 0) is 0 Å². The van der Waals surface area contributed by atoms with E-state index in [0.717, 1.165) is 22.1 Å². The molecule has 2 aromatic carbocycles. The second-order valence-electron chi connectivity index (χ2n) is 5.91. The minimum absolute atomic E-state index is 0.127. The van der Waals surface area contributed by atoms with Crippen LogP contribution in [0.1, 0.15) is 17.3 Å². The topological polar surface area (TPSA) is 20.3 Å². The van der Waals surface area contributed by atoms with Gasteiger partial charge in [0.25, 0.3) is 0 Å². The molecule has 19 heavy (non-hydrogen) atoms. The van der Waals surface area contributed by atoms with Gasteiger partial charge >= 0.3 is 0 Å². The third kappa shape index (κ3) is 1.65. The summed E-state index contributed by atoms with van der Waals surface area (Å²) < 4.78 is 0.808. The molecule has 0 saturated heterocycles. The fourth-order valence-corrected chi connectivity index (χ4v) is 3.18. The Labute approximate surface area is 113 Å². The third-order valence-electron chi connectivity index (χ3n) is 4.01. The van der Waals surface area contributed by atoms with Gasteiger partial charge in [0.15, 0.2) is 12.5 Å². The molecule has 98 valence electrons. The number of carbonyl (C=O) groups excluding carboxylic acids is 1. The van der Waals surface area contributed by atoms with Crippen molar-refractivity contribution in [2.75, 3.05) is 32.7 Å². The Balaban J connectivity index is 2.48. The van der Waals surface area contributed by atoms with E-state index in [1.165, 1.54) is 16.8 Å². The van der Waals surface area contributed by atoms with Crippen LogP contribution in [0.25, 0.3) is 10.8 Å². The van der Waals surface area contributed by atoms with E-state index in [0.29, 0.717) is 0 Å². The number of Topliss-reactive ketones (excluding diaryl/α,β-unsaturated/α-hetero) is 1. The van der Waals surface area contributed by atoms with Crippen LogP contribution in [0, 0.1) is 0 Å². The van der Waals surface area contributed by atoms with E-state index in [1.54, 1.807) is 6.92 Å². The molecule has 2 aromatic rings. The molecular formula is C16H19N2O+. The minimum Gasteiger partial charge on any atom is -0.327 e. The van der Waals surface area contributed by atoms with Crippen LogP contribution in [-0.4, -0.2) is 33.6 Å². The van der Waals surface area contributed by atoms with Crippen LogP contribution in [0.4, 0.5) is 11.4 Å². The quantitative estimate of drug-likeness (QED) is 0.576. The maximum absolute atomic E-state index is 11.8. The summed E-state index contributed by atoms with van der Waals surface area (Å²) in [7, 11) is 6.52. The Morgan fingerprint density at radius 1 is 1.21 bits per heavy atom. The van der Waals surface area contributed by atoms with E-state index in [2.05, 4.69) is 50.3 Å². The van der Waals surface area contributed by atoms with E-state index < -0.39 is 0 Å². The van der Waals surface area contributed by atoms with Crippen LogP contribution in [0.15, 0.2) is 30.3 Å². The van der Waals surface area contributed by atoms with E-state index >= 15 is 0 Å². The lowest BCUT2D eigenvalue weighted by molar-refractivity contribution is 0.101. The lowest BCUT2D eigenvalue weighted by Crippen LogP contribution is -2.50. The first-order valence-corrected chi connectivity index (χ1v) is 6.53. The first-order chi connectivity index (χ1) is 8.92. The normalized spacial score (nSPS) is 16.7. The van der Waals surface area contributed by atoms with Crippen molar-refractivity contribution in [3.8, 4) is 0 Å². The van der Waals surface area contributed by atoms with Gasteiger partial charge in [-0.1, -0.05) is 12.1 Å². The molecule has 0 saturated carbocycles. The first-order valence-electron chi connectivity index (χ1n) is 6.53. The Morgan fingerprint density at radius 2 is 1.95 bits per heavy atom. The van der Waals surface area contributed by atoms with Crippen LogP contribution in [0.2, 0.25) is 0 Å². The summed E-state index contributed by atoms with van der Waals surface area (Å²) in [6.45, 7) is 2.57. The summed E-state index contributed by atoms with van der Waals surface area (Å²) in [5, 5.41) is 2.29. The molecule has 0 radical (unpaired) electrons. The number of hydrogen-bond acceptors (Lipinski definition) is 2. The molecule has 3 nitrogen and oxygen atoms in total. The number of ketones is 1. The monoisotopic (exact) mass is 255 g/mol. The van der Waals surface area contributed by atoms with Gasteiger partial charge in [0.05, 0.1) is 25.2 Å². The van der Waals surface area contributed by atoms with Crippen molar-refractivity contribution in [1.82, 2.24) is 4.48 Å². The molecule has 3 rings (SSSR count).